The molecule has 0 amide bonds. The number of hydrogen-bond donors (Lipinski definition) is 0. The molecule has 0 heterocycles. The normalized spacial score (nSPS) is 27.0. The minimum atomic E-state index is 0.441. The predicted octanol–water partition coefficient (Wildman–Crippen LogP) is 4.19. The van der Waals surface area contributed by atoms with Crippen LogP contribution in [0.2, 0.25) is 0 Å². The average molecular weight is 240 g/mol. The molecule has 0 nitrogen and oxygen atoms in total. The second-order valence-electron chi connectivity index (χ2n) is 8.74. The van der Waals surface area contributed by atoms with Crippen LogP contribution in [0.5, 0.6) is 0 Å². The van der Waals surface area contributed by atoms with Crippen LogP contribution in [0.25, 0.3) is 0 Å². The van der Waals surface area contributed by atoms with E-state index in [1.165, 1.54) is 19.3 Å². The van der Waals surface area contributed by atoms with Crippen molar-refractivity contribution in [1.82, 2.24) is 0 Å². The Morgan fingerprint density at radius 2 is 0.722 bits per heavy atom. The molecule has 4 rings (SSSR count). The van der Waals surface area contributed by atoms with Gasteiger partial charge in [0.15, 0.2) is 0 Å². The van der Waals surface area contributed by atoms with Crippen LogP contribution in [0, 0.1) is 0 Å². The lowest BCUT2D eigenvalue weighted by molar-refractivity contribution is 0.347. The van der Waals surface area contributed by atoms with Crippen molar-refractivity contribution in [3.05, 3.63) is 33.4 Å². The smallest absolute Gasteiger partial charge is 0.00573 e. The van der Waals surface area contributed by atoms with Crippen molar-refractivity contribution in [3.8, 4) is 0 Å². The molecule has 1 aromatic rings. The van der Waals surface area contributed by atoms with Gasteiger partial charge in [-0.05, 0) is 68.9 Å². The van der Waals surface area contributed by atoms with Crippen LogP contribution in [0.4, 0.5) is 0 Å². The lowest BCUT2D eigenvalue weighted by Crippen LogP contribution is -2.50. The largest absolute Gasteiger partial charge is 0.0555 e. The van der Waals surface area contributed by atoms with Gasteiger partial charge >= 0.3 is 0 Å². The molecule has 0 saturated carbocycles. The number of benzene rings is 1. The average Bonchev–Trinajstić information content (AvgIpc) is 2.11. The van der Waals surface area contributed by atoms with Gasteiger partial charge in [-0.25, -0.2) is 0 Å². The molecule has 0 radical (unpaired) electrons. The Hall–Kier alpha value is -0.780. The zero-order valence-corrected chi connectivity index (χ0v) is 12.6. The van der Waals surface area contributed by atoms with Crippen molar-refractivity contribution in [2.24, 2.45) is 0 Å². The Kier molecular flexibility index (Phi) is 1.58. The molecule has 0 fully saturated rings. The van der Waals surface area contributed by atoms with E-state index < -0.39 is 0 Å². The molecular formula is C18H24. The SMILES string of the molecule is CC1(C)Cc2c1c1c(c3c2C(C)(C)C3)C(C)(C)C1. The summed E-state index contributed by atoms with van der Waals surface area (Å²) in [5, 5.41) is 0. The quantitative estimate of drug-likeness (QED) is 0.638. The topological polar surface area (TPSA) is 0 Å². The van der Waals surface area contributed by atoms with E-state index in [9.17, 15) is 0 Å². The van der Waals surface area contributed by atoms with Crippen LogP contribution in [-0.2, 0) is 35.5 Å². The molecule has 0 aromatic heterocycles. The summed E-state index contributed by atoms with van der Waals surface area (Å²) in [5.41, 5.74) is 11.8. The molecule has 3 aliphatic carbocycles. The van der Waals surface area contributed by atoms with Crippen LogP contribution in [0.15, 0.2) is 0 Å². The summed E-state index contributed by atoms with van der Waals surface area (Å²) in [4.78, 5) is 0. The second-order valence-corrected chi connectivity index (χ2v) is 8.74. The van der Waals surface area contributed by atoms with Crippen LogP contribution in [0.1, 0.15) is 74.9 Å². The first-order valence-corrected chi connectivity index (χ1v) is 7.37. The molecule has 0 aliphatic heterocycles. The molecule has 0 N–H and O–H groups in total. The van der Waals surface area contributed by atoms with Crippen LogP contribution >= 0.6 is 0 Å². The van der Waals surface area contributed by atoms with Gasteiger partial charge in [-0.15, -0.1) is 0 Å². The highest BCUT2D eigenvalue weighted by molar-refractivity contribution is 5.70. The van der Waals surface area contributed by atoms with Gasteiger partial charge in [0.05, 0.1) is 0 Å². The molecule has 3 aliphatic rings. The van der Waals surface area contributed by atoms with E-state index in [1.54, 1.807) is 33.4 Å². The molecule has 0 atom stereocenters. The van der Waals surface area contributed by atoms with Crippen molar-refractivity contribution in [2.75, 3.05) is 0 Å². The van der Waals surface area contributed by atoms with Gasteiger partial charge in [-0.3, -0.25) is 0 Å². The van der Waals surface area contributed by atoms with Gasteiger partial charge in [-0.1, -0.05) is 41.5 Å². The van der Waals surface area contributed by atoms with Crippen molar-refractivity contribution in [2.45, 2.75) is 77.0 Å². The maximum Gasteiger partial charge on any atom is -0.00573 e. The van der Waals surface area contributed by atoms with E-state index in [2.05, 4.69) is 41.5 Å². The highest BCUT2D eigenvalue weighted by Gasteiger charge is 2.53. The number of fused-ring (bicyclic) bond motifs is 6. The van der Waals surface area contributed by atoms with Gasteiger partial charge in [-0.2, -0.15) is 0 Å². The third-order valence-corrected chi connectivity index (χ3v) is 5.70. The van der Waals surface area contributed by atoms with Gasteiger partial charge < -0.3 is 0 Å². The maximum atomic E-state index is 2.43. The summed E-state index contributed by atoms with van der Waals surface area (Å²) in [7, 11) is 0. The van der Waals surface area contributed by atoms with Crippen LogP contribution in [0.3, 0.4) is 0 Å². The van der Waals surface area contributed by atoms with E-state index >= 15 is 0 Å². The zero-order valence-electron chi connectivity index (χ0n) is 12.6. The lowest BCUT2D eigenvalue weighted by Gasteiger charge is -2.57. The number of rotatable bonds is 0. The first kappa shape index (κ1) is 11.1. The third-order valence-electron chi connectivity index (χ3n) is 5.70. The minimum absolute atomic E-state index is 0.441. The summed E-state index contributed by atoms with van der Waals surface area (Å²) in [6.45, 7) is 14.6. The molecule has 1 aromatic carbocycles. The number of hydrogen-bond acceptors (Lipinski definition) is 0. The monoisotopic (exact) mass is 240 g/mol. The van der Waals surface area contributed by atoms with E-state index in [4.69, 9.17) is 0 Å². The Bertz CT molecular complexity index is 490. The fourth-order valence-corrected chi connectivity index (χ4v) is 5.17. The molecule has 0 bridgehead atoms. The third kappa shape index (κ3) is 0.974. The van der Waals surface area contributed by atoms with Crippen molar-refractivity contribution >= 4 is 0 Å². The second kappa shape index (κ2) is 2.57. The van der Waals surface area contributed by atoms with E-state index in [0.717, 1.165) is 0 Å². The van der Waals surface area contributed by atoms with Gasteiger partial charge in [0, 0.05) is 0 Å². The van der Waals surface area contributed by atoms with E-state index in [0.29, 0.717) is 16.2 Å². The molecule has 0 heteroatoms. The highest BCUT2D eigenvalue weighted by Crippen LogP contribution is 2.61. The predicted molar refractivity (Wildman–Crippen MR) is 76.6 cm³/mol. The fourth-order valence-electron chi connectivity index (χ4n) is 5.17. The maximum absolute atomic E-state index is 2.43. The van der Waals surface area contributed by atoms with Gasteiger partial charge in [0.1, 0.15) is 0 Å². The summed E-state index contributed by atoms with van der Waals surface area (Å²) in [6, 6.07) is 0. The van der Waals surface area contributed by atoms with E-state index in [1.807, 2.05) is 0 Å². The van der Waals surface area contributed by atoms with Crippen molar-refractivity contribution < 1.29 is 0 Å². The molecule has 0 spiro atoms. The van der Waals surface area contributed by atoms with Crippen molar-refractivity contribution in [1.29, 1.82) is 0 Å². The first-order valence-electron chi connectivity index (χ1n) is 7.37. The standard InChI is InChI=1S/C18H24/c1-16(2)7-10-13(16)11-8-17(3,4)15(11)12-9-18(5,6)14(10)12/h7-9H2,1-6H3. The molecule has 96 valence electrons. The van der Waals surface area contributed by atoms with Crippen LogP contribution in [-0.4, -0.2) is 0 Å². The van der Waals surface area contributed by atoms with Gasteiger partial charge in [0.25, 0.3) is 0 Å². The Balaban J connectivity index is 2.06. The zero-order chi connectivity index (χ0) is 13.1. The van der Waals surface area contributed by atoms with Crippen LogP contribution < -0.4 is 0 Å². The molecule has 18 heavy (non-hydrogen) atoms. The van der Waals surface area contributed by atoms with Gasteiger partial charge in [0.2, 0.25) is 0 Å². The molecule has 0 unspecified atom stereocenters. The summed E-state index contributed by atoms with van der Waals surface area (Å²) >= 11 is 0. The van der Waals surface area contributed by atoms with Crippen molar-refractivity contribution in [3.63, 3.8) is 0 Å². The summed E-state index contributed by atoms with van der Waals surface area (Å²) < 4.78 is 0. The summed E-state index contributed by atoms with van der Waals surface area (Å²) in [6.07, 6.45) is 3.92. The first-order chi connectivity index (χ1) is 8.15. The Morgan fingerprint density at radius 3 is 0.889 bits per heavy atom. The Labute approximate surface area is 111 Å². The Morgan fingerprint density at radius 1 is 0.500 bits per heavy atom. The molecule has 0 saturated heterocycles. The fraction of sp³-hybridized carbons (Fsp3) is 0.667. The highest BCUT2D eigenvalue weighted by atomic mass is 14.6. The minimum Gasteiger partial charge on any atom is -0.0555 e. The van der Waals surface area contributed by atoms with E-state index in [-0.39, 0.29) is 0 Å². The lowest BCUT2D eigenvalue weighted by atomic mass is 9.47. The molecular weight excluding hydrogens is 216 g/mol. The summed E-state index contributed by atoms with van der Waals surface area (Å²) in [5.74, 6) is 0.